The van der Waals surface area contributed by atoms with E-state index in [4.69, 9.17) is 0 Å². The zero-order valence-electron chi connectivity index (χ0n) is 17.2. The van der Waals surface area contributed by atoms with Gasteiger partial charge in [0.1, 0.15) is 5.54 Å². The Morgan fingerprint density at radius 3 is 2.45 bits per heavy atom. The molecule has 4 rings (SSSR count). The zero-order chi connectivity index (χ0) is 20.4. The maximum atomic E-state index is 12.7. The fraction of sp³-hybridized carbons (Fsp3) is 0.591. The van der Waals surface area contributed by atoms with Gasteiger partial charge in [0, 0.05) is 44.8 Å². The van der Waals surface area contributed by atoms with Crippen LogP contribution < -0.4 is 10.2 Å². The second kappa shape index (κ2) is 8.05. The molecule has 2 aliphatic heterocycles. The lowest BCUT2D eigenvalue weighted by atomic mass is 9.98. The van der Waals surface area contributed by atoms with Crippen molar-refractivity contribution in [1.29, 1.82) is 0 Å². The summed E-state index contributed by atoms with van der Waals surface area (Å²) in [5, 5.41) is 2.89. The highest BCUT2D eigenvalue weighted by atomic mass is 16.2. The van der Waals surface area contributed by atoms with Crippen LogP contribution >= 0.6 is 0 Å². The molecule has 1 N–H and O–H groups in total. The second-order valence-electron chi connectivity index (χ2n) is 8.43. The minimum Gasteiger partial charge on any atom is -0.368 e. The van der Waals surface area contributed by atoms with Crippen molar-refractivity contribution >= 4 is 23.5 Å². The van der Waals surface area contributed by atoms with Crippen molar-refractivity contribution in [2.24, 2.45) is 0 Å². The monoisotopic (exact) mass is 398 g/mol. The van der Waals surface area contributed by atoms with Crippen LogP contribution in [0.25, 0.3) is 0 Å². The molecule has 4 amide bonds. The van der Waals surface area contributed by atoms with Gasteiger partial charge in [-0.15, -0.1) is 0 Å². The Morgan fingerprint density at radius 2 is 1.76 bits per heavy atom. The molecule has 2 heterocycles. The van der Waals surface area contributed by atoms with E-state index in [9.17, 15) is 14.4 Å². The van der Waals surface area contributed by atoms with Gasteiger partial charge in [-0.2, -0.15) is 0 Å². The number of piperazine rings is 1. The smallest absolute Gasteiger partial charge is 0.325 e. The van der Waals surface area contributed by atoms with Gasteiger partial charge in [-0.25, -0.2) is 4.79 Å². The van der Waals surface area contributed by atoms with Gasteiger partial charge in [-0.1, -0.05) is 31.0 Å². The van der Waals surface area contributed by atoms with Crippen molar-refractivity contribution in [3.05, 3.63) is 29.8 Å². The first kappa shape index (κ1) is 19.7. The number of amides is 4. The second-order valence-corrected chi connectivity index (χ2v) is 8.43. The van der Waals surface area contributed by atoms with E-state index in [-0.39, 0.29) is 17.8 Å². The third-order valence-corrected chi connectivity index (χ3v) is 6.56. The molecule has 7 nitrogen and oxygen atoms in total. The number of carbonyl (C=O) groups is 3. The average molecular weight is 399 g/mol. The van der Waals surface area contributed by atoms with Gasteiger partial charge in [0.2, 0.25) is 5.91 Å². The van der Waals surface area contributed by atoms with E-state index in [1.165, 1.54) is 16.2 Å². The van der Waals surface area contributed by atoms with Crippen LogP contribution in [0, 0.1) is 6.92 Å². The number of benzene rings is 1. The Labute approximate surface area is 172 Å². The summed E-state index contributed by atoms with van der Waals surface area (Å²) >= 11 is 0. The van der Waals surface area contributed by atoms with E-state index in [0.29, 0.717) is 32.5 Å². The molecule has 1 aromatic rings. The molecule has 29 heavy (non-hydrogen) atoms. The summed E-state index contributed by atoms with van der Waals surface area (Å²) in [6, 6.07) is 8.03. The average Bonchev–Trinajstić information content (AvgIpc) is 3.28. The van der Waals surface area contributed by atoms with Crippen LogP contribution in [-0.2, 0) is 9.59 Å². The van der Waals surface area contributed by atoms with Gasteiger partial charge < -0.3 is 15.1 Å². The third kappa shape index (κ3) is 3.82. The number of nitrogens with zero attached hydrogens (tertiary/aromatic N) is 3. The standard InChI is InChI=1S/C22H30N4O3/c1-17-7-2-3-8-18(17)24-13-15-25(16-14-24)19(27)9-6-12-26-20(28)22(23-21(26)29)10-4-5-11-22/h2-3,7-8H,4-6,9-16H2,1H3,(H,23,29). The van der Waals surface area contributed by atoms with Crippen molar-refractivity contribution in [2.75, 3.05) is 37.6 Å². The molecule has 1 aromatic carbocycles. The van der Waals surface area contributed by atoms with Crippen LogP contribution in [0.2, 0.25) is 0 Å². The molecule has 3 fully saturated rings. The Kier molecular flexibility index (Phi) is 5.48. The van der Waals surface area contributed by atoms with Gasteiger partial charge in [0.25, 0.3) is 5.91 Å². The Bertz CT molecular complexity index is 795. The summed E-state index contributed by atoms with van der Waals surface area (Å²) in [5.74, 6) is 0.0105. The predicted molar refractivity (Wildman–Crippen MR) is 111 cm³/mol. The summed E-state index contributed by atoms with van der Waals surface area (Å²) in [6.07, 6.45) is 4.32. The molecule has 0 radical (unpaired) electrons. The van der Waals surface area contributed by atoms with E-state index in [0.717, 1.165) is 38.8 Å². The quantitative estimate of drug-likeness (QED) is 0.773. The fourth-order valence-electron chi connectivity index (χ4n) is 4.86. The van der Waals surface area contributed by atoms with Crippen molar-refractivity contribution in [3.8, 4) is 0 Å². The lowest BCUT2D eigenvalue weighted by Crippen LogP contribution is -2.49. The van der Waals surface area contributed by atoms with Gasteiger partial charge >= 0.3 is 6.03 Å². The Morgan fingerprint density at radius 1 is 1.07 bits per heavy atom. The topological polar surface area (TPSA) is 73.0 Å². The van der Waals surface area contributed by atoms with Gasteiger partial charge in [-0.05, 0) is 37.8 Å². The fourth-order valence-corrected chi connectivity index (χ4v) is 4.86. The largest absolute Gasteiger partial charge is 0.368 e. The number of para-hydroxylation sites is 1. The van der Waals surface area contributed by atoms with Crippen molar-refractivity contribution in [2.45, 2.75) is 51.0 Å². The molecular formula is C22H30N4O3. The number of rotatable bonds is 5. The van der Waals surface area contributed by atoms with E-state index in [2.05, 4.69) is 29.3 Å². The first-order chi connectivity index (χ1) is 14.0. The number of urea groups is 1. The number of hydrogen-bond acceptors (Lipinski definition) is 4. The van der Waals surface area contributed by atoms with Crippen molar-refractivity contribution < 1.29 is 14.4 Å². The van der Waals surface area contributed by atoms with Gasteiger partial charge in [-0.3, -0.25) is 14.5 Å². The molecule has 1 spiro atoms. The molecule has 0 unspecified atom stereocenters. The van der Waals surface area contributed by atoms with Crippen LogP contribution in [-0.4, -0.2) is 65.9 Å². The molecule has 3 aliphatic rings. The van der Waals surface area contributed by atoms with Gasteiger partial charge in [0.05, 0.1) is 0 Å². The third-order valence-electron chi connectivity index (χ3n) is 6.56. The number of hydrogen-bond donors (Lipinski definition) is 1. The summed E-state index contributed by atoms with van der Waals surface area (Å²) in [4.78, 5) is 43.0. The molecule has 0 atom stereocenters. The first-order valence-corrected chi connectivity index (χ1v) is 10.7. The van der Waals surface area contributed by atoms with Gasteiger partial charge in [0.15, 0.2) is 0 Å². The summed E-state index contributed by atoms with van der Waals surface area (Å²) in [7, 11) is 0. The zero-order valence-corrected chi connectivity index (χ0v) is 17.2. The first-order valence-electron chi connectivity index (χ1n) is 10.7. The number of carbonyl (C=O) groups excluding carboxylic acids is 3. The highest BCUT2D eigenvalue weighted by molar-refractivity contribution is 6.07. The maximum Gasteiger partial charge on any atom is 0.325 e. The minimum absolute atomic E-state index is 0.0979. The molecule has 0 bridgehead atoms. The Balaban J connectivity index is 1.23. The molecule has 0 aromatic heterocycles. The van der Waals surface area contributed by atoms with Crippen LogP contribution in [0.1, 0.15) is 44.1 Å². The number of anilines is 1. The Hall–Kier alpha value is -2.57. The molecule has 7 heteroatoms. The minimum atomic E-state index is -0.660. The highest BCUT2D eigenvalue weighted by Crippen LogP contribution is 2.35. The lowest BCUT2D eigenvalue weighted by Gasteiger charge is -2.37. The molecule has 2 saturated heterocycles. The van der Waals surface area contributed by atoms with Crippen molar-refractivity contribution in [1.82, 2.24) is 15.1 Å². The summed E-state index contributed by atoms with van der Waals surface area (Å²) in [5.41, 5.74) is 1.83. The van der Waals surface area contributed by atoms with E-state index < -0.39 is 5.54 Å². The normalized spacial score (nSPS) is 21.2. The number of aryl methyl sites for hydroxylation is 1. The van der Waals surface area contributed by atoms with E-state index >= 15 is 0 Å². The maximum absolute atomic E-state index is 12.7. The van der Waals surface area contributed by atoms with Crippen LogP contribution in [0.5, 0.6) is 0 Å². The van der Waals surface area contributed by atoms with Crippen LogP contribution in [0.3, 0.4) is 0 Å². The van der Waals surface area contributed by atoms with Crippen molar-refractivity contribution in [3.63, 3.8) is 0 Å². The molecular weight excluding hydrogens is 368 g/mol. The van der Waals surface area contributed by atoms with E-state index in [1.54, 1.807) is 0 Å². The number of imide groups is 1. The lowest BCUT2D eigenvalue weighted by molar-refractivity contribution is -0.133. The predicted octanol–water partition coefficient (Wildman–Crippen LogP) is 2.29. The summed E-state index contributed by atoms with van der Waals surface area (Å²) in [6.45, 7) is 5.50. The summed E-state index contributed by atoms with van der Waals surface area (Å²) < 4.78 is 0. The van der Waals surface area contributed by atoms with E-state index in [1.807, 2.05) is 17.0 Å². The van der Waals surface area contributed by atoms with Crippen LogP contribution in [0.4, 0.5) is 10.5 Å². The van der Waals surface area contributed by atoms with Crippen LogP contribution in [0.15, 0.2) is 24.3 Å². The molecule has 1 saturated carbocycles. The molecule has 156 valence electrons. The highest BCUT2D eigenvalue weighted by Gasteiger charge is 2.52. The SMILES string of the molecule is Cc1ccccc1N1CCN(C(=O)CCCN2C(=O)NC3(CCCC3)C2=O)CC1. The molecule has 1 aliphatic carbocycles. The number of nitrogens with one attached hydrogen (secondary N) is 1.